The van der Waals surface area contributed by atoms with Gasteiger partial charge in [-0.3, -0.25) is 14.6 Å². The number of rotatable bonds is 9. The van der Waals surface area contributed by atoms with E-state index in [2.05, 4.69) is 20.6 Å². The van der Waals surface area contributed by atoms with Crippen molar-refractivity contribution in [1.82, 2.24) is 20.6 Å². The Morgan fingerprint density at radius 3 is 2.16 bits per heavy atom. The summed E-state index contributed by atoms with van der Waals surface area (Å²) in [6.07, 6.45) is -0.187. The molecule has 9 nitrogen and oxygen atoms in total. The minimum atomic E-state index is -1.70. The number of amides is 2. The van der Waals surface area contributed by atoms with Gasteiger partial charge in [0.25, 0.3) is 11.8 Å². The van der Waals surface area contributed by atoms with E-state index in [0.717, 1.165) is 0 Å². The number of para-hydroxylation sites is 2. The van der Waals surface area contributed by atoms with Gasteiger partial charge in [-0.1, -0.05) is 60.7 Å². The highest BCUT2D eigenvalue weighted by molar-refractivity contribution is 5.95. The molecule has 2 amide bonds. The molecule has 9 heteroatoms. The fourth-order valence-electron chi connectivity index (χ4n) is 3.87. The number of nitrogens with one attached hydrogen (secondary N) is 2. The molecule has 0 aliphatic heterocycles. The SMILES string of the molecule is COC(=O)[C@H](Cc1cnc2ccccc2n1)NC(=O)[C@H](O)[C@@H](NC(=O)c1ccccc1)c1ccccc1. The van der Waals surface area contributed by atoms with Gasteiger partial charge < -0.3 is 20.5 Å². The fraction of sp³-hybridized carbons (Fsp3) is 0.179. The molecule has 0 saturated heterocycles. The minimum Gasteiger partial charge on any atom is -0.467 e. The highest BCUT2D eigenvalue weighted by Crippen LogP contribution is 2.19. The lowest BCUT2D eigenvalue weighted by molar-refractivity contribution is -0.146. The third-order valence-corrected chi connectivity index (χ3v) is 5.78. The molecule has 3 aromatic carbocycles. The molecule has 4 rings (SSSR count). The summed E-state index contributed by atoms with van der Waals surface area (Å²) < 4.78 is 4.87. The van der Waals surface area contributed by atoms with Gasteiger partial charge in [-0.25, -0.2) is 9.78 Å². The number of esters is 1. The average molecular weight is 499 g/mol. The Hall–Kier alpha value is -4.63. The molecule has 0 bridgehead atoms. The Bertz CT molecular complexity index is 1380. The monoisotopic (exact) mass is 498 g/mol. The lowest BCUT2D eigenvalue weighted by atomic mass is 9.99. The Kier molecular flexibility index (Phi) is 8.17. The third kappa shape index (κ3) is 6.33. The second-order valence-electron chi connectivity index (χ2n) is 8.31. The van der Waals surface area contributed by atoms with E-state index in [-0.39, 0.29) is 6.42 Å². The van der Waals surface area contributed by atoms with Crippen LogP contribution in [0.3, 0.4) is 0 Å². The van der Waals surface area contributed by atoms with E-state index in [9.17, 15) is 19.5 Å². The zero-order chi connectivity index (χ0) is 26.2. The Morgan fingerprint density at radius 1 is 0.865 bits per heavy atom. The zero-order valence-electron chi connectivity index (χ0n) is 20.1. The summed E-state index contributed by atoms with van der Waals surface area (Å²) in [5, 5.41) is 16.3. The van der Waals surface area contributed by atoms with Gasteiger partial charge in [0.15, 0.2) is 6.10 Å². The molecule has 0 radical (unpaired) electrons. The normalized spacial score (nSPS) is 13.2. The highest BCUT2D eigenvalue weighted by atomic mass is 16.5. The molecule has 4 aromatic rings. The summed E-state index contributed by atoms with van der Waals surface area (Å²) in [4.78, 5) is 47.3. The maximum atomic E-state index is 13.2. The molecule has 188 valence electrons. The van der Waals surface area contributed by atoms with Crippen LogP contribution in [-0.4, -0.2) is 52.1 Å². The topological polar surface area (TPSA) is 131 Å². The number of benzene rings is 3. The number of aromatic nitrogens is 2. The molecule has 0 saturated carbocycles. The van der Waals surface area contributed by atoms with Crippen molar-refractivity contribution in [3.63, 3.8) is 0 Å². The van der Waals surface area contributed by atoms with Gasteiger partial charge in [-0.2, -0.15) is 0 Å². The number of fused-ring (bicyclic) bond motifs is 1. The molecule has 0 aliphatic rings. The summed E-state index contributed by atoms with van der Waals surface area (Å²) in [6, 6.07) is 22.2. The summed E-state index contributed by atoms with van der Waals surface area (Å²) in [5.74, 6) is -2.02. The first-order valence-electron chi connectivity index (χ1n) is 11.6. The van der Waals surface area contributed by atoms with Crippen molar-refractivity contribution in [1.29, 1.82) is 0 Å². The number of carbonyl (C=O) groups excluding carboxylic acids is 3. The highest BCUT2D eigenvalue weighted by Gasteiger charge is 2.32. The van der Waals surface area contributed by atoms with Gasteiger partial charge in [0, 0.05) is 18.2 Å². The van der Waals surface area contributed by atoms with Crippen molar-refractivity contribution in [2.24, 2.45) is 0 Å². The van der Waals surface area contributed by atoms with Crippen molar-refractivity contribution in [2.45, 2.75) is 24.6 Å². The number of nitrogens with zero attached hydrogens (tertiary/aromatic N) is 2. The van der Waals surface area contributed by atoms with Gasteiger partial charge in [0.05, 0.1) is 29.9 Å². The van der Waals surface area contributed by atoms with Crippen LogP contribution in [0.1, 0.15) is 27.7 Å². The van der Waals surface area contributed by atoms with E-state index in [1.54, 1.807) is 66.7 Å². The standard InChI is InChI=1S/C28H26N4O5/c1-37-28(36)23(16-20-17-29-21-14-8-9-15-22(21)30-20)31-27(35)25(33)24(18-10-4-2-5-11-18)32-26(34)19-12-6-3-7-13-19/h2-15,17,23-25,33H,16H2,1H3,(H,31,35)(H,32,34)/t23-,24-,25+/m0/s1. The maximum absolute atomic E-state index is 13.2. The summed E-state index contributed by atoms with van der Waals surface area (Å²) in [6.45, 7) is 0. The fourth-order valence-corrected chi connectivity index (χ4v) is 3.87. The van der Waals surface area contributed by atoms with E-state index in [4.69, 9.17) is 4.74 Å². The van der Waals surface area contributed by atoms with Crippen LogP contribution in [0.2, 0.25) is 0 Å². The molecular formula is C28H26N4O5. The van der Waals surface area contributed by atoms with E-state index in [1.165, 1.54) is 13.3 Å². The summed E-state index contributed by atoms with van der Waals surface area (Å²) in [5.41, 5.74) is 2.69. The van der Waals surface area contributed by atoms with E-state index in [1.807, 2.05) is 18.2 Å². The second-order valence-corrected chi connectivity index (χ2v) is 8.31. The number of ether oxygens (including phenoxy) is 1. The van der Waals surface area contributed by atoms with Gasteiger partial charge in [-0.05, 0) is 29.8 Å². The van der Waals surface area contributed by atoms with Gasteiger partial charge >= 0.3 is 5.97 Å². The average Bonchev–Trinajstić information content (AvgIpc) is 2.95. The van der Waals surface area contributed by atoms with E-state index in [0.29, 0.717) is 27.9 Å². The molecule has 0 aliphatic carbocycles. The van der Waals surface area contributed by atoms with Crippen molar-refractivity contribution >= 4 is 28.8 Å². The van der Waals surface area contributed by atoms with Crippen LogP contribution in [0.25, 0.3) is 11.0 Å². The molecule has 1 aromatic heterocycles. The molecular weight excluding hydrogens is 472 g/mol. The number of methoxy groups -OCH3 is 1. The number of carbonyl (C=O) groups is 3. The first-order chi connectivity index (χ1) is 18.0. The van der Waals surface area contributed by atoms with E-state index >= 15 is 0 Å². The minimum absolute atomic E-state index is 0.00462. The molecule has 1 heterocycles. The molecule has 0 unspecified atom stereocenters. The quantitative estimate of drug-likeness (QED) is 0.302. The van der Waals surface area contributed by atoms with Crippen LogP contribution >= 0.6 is 0 Å². The predicted molar refractivity (Wildman–Crippen MR) is 136 cm³/mol. The van der Waals surface area contributed by atoms with E-state index < -0.39 is 36.0 Å². The number of hydrogen-bond donors (Lipinski definition) is 3. The maximum Gasteiger partial charge on any atom is 0.328 e. The van der Waals surface area contributed by atoms with Crippen LogP contribution in [0, 0.1) is 0 Å². The zero-order valence-corrected chi connectivity index (χ0v) is 20.1. The Morgan fingerprint density at radius 2 is 1.49 bits per heavy atom. The summed E-state index contributed by atoms with van der Waals surface area (Å²) >= 11 is 0. The van der Waals surface area contributed by atoms with Crippen LogP contribution in [-0.2, 0) is 20.7 Å². The molecule has 3 atom stereocenters. The van der Waals surface area contributed by atoms with Crippen LogP contribution in [0.15, 0.2) is 91.1 Å². The van der Waals surface area contributed by atoms with Crippen LogP contribution in [0.4, 0.5) is 0 Å². The lowest BCUT2D eigenvalue weighted by Gasteiger charge is -2.26. The second kappa shape index (κ2) is 11.9. The van der Waals surface area contributed by atoms with Gasteiger partial charge in [0.2, 0.25) is 0 Å². The lowest BCUT2D eigenvalue weighted by Crippen LogP contribution is -2.51. The van der Waals surface area contributed by atoms with Gasteiger partial charge in [0.1, 0.15) is 6.04 Å². The molecule has 0 fully saturated rings. The number of hydrogen-bond acceptors (Lipinski definition) is 7. The van der Waals surface area contributed by atoms with Crippen LogP contribution < -0.4 is 10.6 Å². The molecule has 0 spiro atoms. The molecule has 3 N–H and O–H groups in total. The third-order valence-electron chi connectivity index (χ3n) is 5.78. The number of aliphatic hydroxyl groups is 1. The van der Waals surface area contributed by atoms with Crippen molar-refractivity contribution < 1.29 is 24.2 Å². The summed E-state index contributed by atoms with van der Waals surface area (Å²) in [7, 11) is 1.21. The van der Waals surface area contributed by atoms with Gasteiger partial charge in [-0.15, -0.1) is 0 Å². The Labute approximate surface area is 213 Å². The first kappa shape index (κ1) is 25.5. The molecule has 37 heavy (non-hydrogen) atoms. The Balaban J connectivity index is 1.54. The van der Waals surface area contributed by atoms with Crippen molar-refractivity contribution in [3.05, 3.63) is 108 Å². The van der Waals surface area contributed by atoms with Crippen LogP contribution in [0.5, 0.6) is 0 Å². The largest absolute Gasteiger partial charge is 0.467 e. The van der Waals surface area contributed by atoms with Crippen molar-refractivity contribution in [3.8, 4) is 0 Å². The first-order valence-corrected chi connectivity index (χ1v) is 11.6. The smallest absolute Gasteiger partial charge is 0.328 e. The predicted octanol–water partition coefficient (Wildman–Crippen LogP) is 2.36. The van der Waals surface area contributed by atoms with Crippen molar-refractivity contribution in [2.75, 3.05) is 7.11 Å². The number of aliphatic hydroxyl groups excluding tert-OH is 1.